The quantitative estimate of drug-likeness (QED) is 0.526. The highest BCUT2D eigenvalue weighted by Gasteiger charge is 2.21. The summed E-state index contributed by atoms with van der Waals surface area (Å²) < 4.78 is 10.5. The maximum Gasteiger partial charge on any atom is 0.326 e. The minimum Gasteiger partial charge on any atom is -0.494 e. The van der Waals surface area contributed by atoms with Crippen LogP contribution in [-0.2, 0) is 14.9 Å². The first-order valence-electron chi connectivity index (χ1n) is 9.97. The predicted octanol–water partition coefficient (Wildman–Crippen LogP) is 3.93. The summed E-state index contributed by atoms with van der Waals surface area (Å²) in [7, 11) is 0. The lowest BCUT2D eigenvalue weighted by molar-refractivity contribution is -0.145. The highest BCUT2D eigenvalue weighted by Crippen LogP contribution is 2.22. The van der Waals surface area contributed by atoms with Crippen LogP contribution in [0.3, 0.4) is 0 Å². The number of Topliss-reactive ketones (excluding diaryl/α,β-unsaturated/α-hetero) is 1. The second-order valence-electron chi connectivity index (χ2n) is 7.96. The van der Waals surface area contributed by atoms with Gasteiger partial charge in [-0.05, 0) is 49.1 Å². The van der Waals surface area contributed by atoms with E-state index in [2.05, 4.69) is 26.1 Å². The molecule has 0 spiro atoms. The van der Waals surface area contributed by atoms with Crippen LogP contribution in [0.2, 0.25) is 0 Å². The zero-order chi connectivity index (χ0) is 22.3. The first kappa shape index (κ1) is 23.1. The molecule has 0 aliphatic rings. The van der Waals surface area contributed by atoms with E-state index in [9.17, 15) is 14.4 Å². The summed E-state index contributed by atoms with van der Waals surface area (Å²) >= 11 is 0. The first-order chi connectivity index (χ1) is 14.1. The number of rotatable bonds is 8. The third-order valence-electron chi connectivity index (χ3n) is 4.53. The van der Waals surface area contributed by atoms with Crippen LogP contribution in [0.15, 0.2) is 48.5 Å². The molecule has 1 N–H and O–H groups in total. The molecule has 0 saturated carbocycles. The Morgan fingerprint density at radius 2 is 1.50 bits per heavy atom. The lowest BCUT2D eigenvalue weighted by atomic mass is 9.86. The monoisotopic (exact) mass is 411 g/mol. The van der Waals surface area contributed by atoms with Gasteiger partial charge in [0.15, 0.2) is 6.10 Å². The van der Waals surface area contributed by atoms with Crippen molar-refractivity contribution in [2.24, 2.45) is 0 Å². The maximum atomic E-state index is 12.5. The number of esters is 1. The summed E-state index contributed by atoms with van der Waals surface area (Å²) in [5.74, 6) is -0.717. The van der Waals surface area contributed by atoms with Gasteiger partial charge in [-0.25, -0.2) is 0 Å². The Balaban J connectivity index is 1.86. The van der Waals surface area contributed by atoms with Gasteiger partial charge in [-0.2, -0.15) is 0 Å². The molecule has 1 atom stereocenters. The fourth-order valence-corrected chi connectivity index (χ4v) is 2.79. The van der Waals surface area contributed by atoms with Crippen LogP contribution in [0.1, 0.15) is 60.9 Å². The molecule has 2 aromatic rings. The highest BCUT2D eigenvalue weighted by atomic mass is 16.5. The van der Waals surface area contributed by atoms with Gasteiger partial charge in [0.25, 0.3) is 5.91 Å². The van der Waals surface area contributed by atoms with E-state index >= 15 is 0 Å². The number of nitrogens with one attached hydrogen (secondary N) is 1. The molecule has 2 aromatic carbocycles. The van der Waals surface area contributed by atoms with E-state index < -0.39 is 18.0 Å². The molecule has 6 heteroatoms. The number of ether oxygens (including phenoxy) is 2. The standard InChI is InChI=1S/C24H29NO5/c1-6-29-20-13-9-18(10-14-20)23(28)25-15-21(26)30-16(2)22(27)17-7-11-19(12-8-17)24(3,4)5/h7-14,16H,6,15H2,1-5H3,(H,25,28)/t16-/m1/s1. The molecule has 0 bridgehead atoms. The smallest absolute Gasteiger partial charge is 0.326 e. The Hall–Kier alpha value is -3.15. The Bertz CT molecular complexity index is 879. The van der Waals surface area contributed by atoms with Gasteiger partial charge in [0.2, 0.25) is 5.78 Å². The number of hydrogen-bond donors (Lipinski definition) is 1. The molecule has 160 valence electrons. The Morgan fingerprint density at radius 3 is 2.03 bits per heavy atom. The van der Waals surface area contributed by atoms with Gasteiger partial charge in [0, 0.05) is 11.1 Å². The Kier molecular flexibility index (Phi) is 7.75. The molecule has 0 fully saturated rings. The zero-order valence-electron chi connectivity index (χ0n) is 18.2. The van der Waals surface area contributed by atoms with Crippen molar-refractivity contribution in [2.45, 2.75) is 46.1 Å². The highest BCUT2D eigenvalue weighted by molar-refractivity contribution is 6.00. The molecule has 2 rings (SSSR count). The molecule has 0 radical (unpaired) electrons. The second kappa shape index (κ2) is 10.1. The fourth-order valence-electron chi connectivity index (χ4n) is 2.79. The molecule has 0 saturated heterocycles. The van der Waals surface area contributed by atoms with Gasteiger partial charge >= 0.3 is 5.97 Å². The third-order valence-corrected chi connectivity index (χ3v) is 4.53. The molecule has 0 heterocycles. The van der Waals surface area contributed by atoms with Crippen LogP contribution in [-0.4, -0.2) is 36.9 Å². The molecular weight excluding hydrogens is 382 g/mol. The van der Waals surface area contributed by atoms with Crippen molar-refractivity contribution < 1.29 is 23.9 Å². The van der Waals surface area contributed by atoms with Gasteiger partial charge in [-0.3, -0.25) is 14.4 Å². The molecule has 30 heavy (non-hydrogen) atoms. The SMILES string of the molecule is CCOc1ccc(C(=O)NCC(=O)O[C@H](C)C(=O)c2ccc(C(C)(C)C)cc2)cc1. The van der Waals surface area contributed by atoms with E-state index in [4.69, 9.17) is 9.47 Å². The van der Waals surface area contributed by atoms with E-state index in [0.717, 1.165) is 5.56 Å². The van der Waals surface area contributed by atoms with Crippen molar-refractivity contribution in [3.05, 3.63) is 65.2 Å². The van der Waals surface area contributed by atoms with E-state index in [-0.39, 0.29) is 17.7 Å². The normalized spacial score (nSPS) is 12.0. The minimum absolute atomic E-state index is 0.0127. The van der Waals surface area contributed by atoms with Crippen LogP contribution < -0.4 is 10.1 Å². The van der Waals surface area contributed by atoms with Gasteiger partial charge in [-0.1, -0.05) is 45.0 Å². The molecule has 1 amide bonds. The van der Waals surface area contributed by atoms with E-state index in [1.165, 1.54) is 6.92 Å². The summed E-state index contributed by atoms with van der Waals surface area (Å²) in [5.41, 5.74) is 1.97. The van der Waals surface area contributed by atoms with Crippen molar-refractivity contribution in [3.63, 3.8) is 0 Å². The number of ketones is 1. The van der Waals surface area contributed by atoms with Crippen LogP contribution in [0, 0.1) is 0 Å². The lowest BCUT2D eigenvalue weighted by Gasteiger charge is -2.19. The summed E-state index contributed by atoms with van der Waals surface area (Å²) in [6, 6.07) is 13.9. The van der Waals surface area contributed by atoms with Gasteiger partial charge in [0.05, 0.1) is 6.61 Å². The minimum atomic E-state index is -0.944. The van der Waals surface area contributed by atoms with Crippen LogP contribution in [0.25, 0.3) is 0 Å². The zero-order valence-corrected chi connectivity index (χ0v) is 18.2. The largest absolute Gasteiger partial charge is 0.494 e. The van der Waals surface area contributed by atoms with Crippen LogP contribution in [0.5, 0.6) is 5.75 Å². The number of carbonyl (C=O) groups is 3. The third kappa shape index (κ3) is 6.44. The molecule has 0 aromatic heterocycles. The van der Waals surface area contributed by atoms with E-state index in [0.29, 0.717) is 23.5 Å². The summed E-state index contributed by atoms with van der Waals surface area (Å²) in [6.45, 7) is 9.88. The van der Waals surface area contributed by atoms with Crippen molar-refractivity contribution in [2.75, 3.05) is 13.2 Å². The van der Waals surface area contributed by atoms with E-state index in [1.807, 2.05) is 19.1 Å². The summed E-state index contributed by atoms with van der Waals surface area (Å²) in [4.78, 5) is 36.7. The molecular formula is C24H29NO5. The lowest BCUT2D eigenvalue weighted by Crippen LogP contribution is -2.34. The van der Waals surface area contributed by atoms with E-state index in [1.54, 1.807) is 36.4 Å². The average Bonchev–Trinajstić information content (AvgIpc) is 2.71. The van der Waals surface area contributed by atoms with Crippen LogP contribution in [0.4, 0.5) is 0 Å². The first-order valence-corrected chi connectivity index (χ1v) is 9.97. The van der Waals surface area contributed by atoms with Gasteiger partial charge in [0.1, 0.15) is 12.3 Å². The molecule has 0 aliphatic heterocycles. The van der Waals surface area contributed by atoms with Gasteiger partial charge in [-0.15, -0.1) is 0 Å². The topological polar surface area (TPSA) is 81.7 Å². The number of carbonyl (C=O) groups excluding carboxylic acids is 3. The van der Waals surface area contributed by atoms with Crippen molar-refractivity contribution in [1.29, 1.82) is 0 Å². The molecule has 6 nitrogen and oxygen atoms in total. The van der Waals surface area contributed by atoms with Crippen LogP contribution >= 0.6 is 0 Å². The Morgan fingerprint density at radius 1 is 0.933 bits per heavy atom. The number of benzene rings is 2. The molecule has 0 aliphatic carbocycles. The average molecular weight is 411 g/mol. The number of amides is 1. The fraction of sp³-hybridized carbons (Fsp3) is 0.375. The van der Waals surface area contributed by atoms with Crippen molar-refractivity contribution in [1.82, 2.24) is 5.32 Å². The summed E-state index contributed by atoms with van der Waals surface area (Å²) in [5, 5.41) is 2.49. The maximum absolute atomic E-state index is 12.5. The van der Waals surface area contributed by atoms with Crippen molar-refractivity contribution in [3.8, 4) is 5.75 Å². The van der Waals surface area contributed by atoms with Crippen molar-refractivity contribution >= 4 is 17.7 Å². The Labute approximate surface area is 177 Å². The summed E-state index contributed by atoms with van der Waals surface area (Å²) in [6.07, 6.45) is -0.944. The molecule has 0 unspecified atom stereocenters. The van der Waals surface area contributed by atoms with Gasteiger partial charge < -0.3 is 14.8 Å². The second-order valence-corrected chi connectivity index (χ2v) is 7.96. The predicted molar refractivity (Wildman–Crippen MR) is 115 cm³/mol. The number of hydrogen-bond acceptors (Lipinski definition) is 5.